The minimum atomic E-state index is -0.413. The van der Waals surface area contributed by atoms with Crippen LogP contribution in [0.25, 0.3) is 0 Å². The highest BCUT2D eigenvalue weighted by molar-refractivity contribution is 5.88. The predicted molar refractivity (Wildman–Crippen MR) is 68.1 cm³/mol. The second-order valence-corrected chi connectivity index (χ2v) is 5.21. The van der Waals surface area contributed by atoms with Crippen LogP contribution in [-0.2, 0) is 14.4 Å². The van der Waals surface area contributed by atoms with E-state index in [-0.39, 0.29) is 29.9 Å². The number of carbonyl (C=O) groups is 3. The van der Waals surface area contributed by atoms with Crippen molar-refractivity contribution in [3.8, 4) is 0 Å². The van der Waals surface area contributed by atoms with Crippen molar-refractivity contribution in [1.29, 1.82) is 0 Å². The molecule has 1 aliphatic heterocycles. The number of hydrogen-bond donors (Lipinski definition) is 1. The lowest BCUT2D eigenvalue weighted by atomic mass is 10.0. The van der Waals surface area contributed by atoms with Crippen molar-refractivity contribution in [3.05, 3.63) is 0 Å². The average Bonchev–Trinajstić information content (AvgIpc) is 2.28. The number of ketones is 2. The van der Waals surface area contributed by atoms with E-state index < -0.39 is 6.04 Å². The lowest BCUT2D eigenvalue weighted by molar-refractivity contribution is -0.129. The molecule has 5 heteroatoms. The summed E-state index contributed by atoms with van der Waals surface area (Å²) in [6.07, 6.45) is 1.04. The average molecular weight is 254 g/mol. The molecule has 1 fully saturated rings. The summed E-state index contributed by atoms with van der Waals surface area (Å²) in [5, 5.41) is 2.76. The standard InChI is InChI=1S/C13H22N2O3/c1-9(2)13(10(3)16)14-12(18)8-15-6-4-11(17)5-7-15/h9,13H,4-8H2,1-3H3,(H,14,18). The summed E-state index contributed by atoms with van der Waals surface area (Å²) >= 11 is 0. The fourth-order valence-corrected chi connectivity index (χ4v) is 2.12. The van der Waals surface area contributed by atoms with Gasteiger partial charge in [-0.05, 0) is 12.8 Å². The van der Waals surface area contributed by atoms with Gasteiger partial charge in [-0.25, -0.2) is 0 Å². The Morgan fingerprint density at radius 1 is 1.28 bits per heavy atom. The zero-order valence-electron chi connectivity index (χ0n) is 11.4. The molecule has 0 bridgehead atoms. The molecule has 5 nitrogen and oxygen atoms in total. The van der Waals surface area contributed by atoms with E-state index in [4.69, 9.17) is 0 Å². The van der Waals surface area contributed by atoms with E-state index >= 15 is 0 Å². The van der Waals surface area contributed by atoms with Crippen LogP contribution in [0.15, 0.2) is 0 Å². The van der Waals surface area contributed by atoms with E-state index in [1.54, 1.807) is 0 Å². The lowest BCUT2D eigenvalue weighted by Crippen LogP contribution is -2.48. The smallest absolute Gasteiger partial charge is 0.234 e. The molecule has 1 atom stereocenters. The van der Waals surface area contributed by atoms with E-state index in [9.17, 15) is 14.4 Å². The Morgan fingerprint density at radius 3 is 2.28 bits per heavy atom. The molecule has 0 aromatic rings. The zero-order valence-corrected chi connectivity index (χ0v) is 11.4. The van der Waals surface area contributed by atoms with Gasteiger partial charge in [0.25, 0.3) is 0 Å². The number of amides is 1. The molecule has 0 aromatic heterocycles. The van der Waals surface area contributed by atoms with Gasteiger partial charge in [0, 0.05) is 25.9 Å². The van der Waals surface area contributed by atoms with E-state index in [2.05, 4.69) is 5.32 Å². The molecule has 102 valence electrons. The molecule has 1 aliphatic rings. The number of nitrogens with zero attached hydrogens (tertiary/aromatic N) is 1. The molecule has 0 aromatic carbocycles. The van der Waals surface area contributed by atoms with Gasteiger partial charge in [0.15, 0.2) is 5.78 Å². The van der Waals surface area contributed by atoms with Crippen molar-refractivity contribution in [2.75, 3.05) is 19.6 Å². The van der Waals surface area contributed by atoms with Gasteiger partial charge in [-0.3, -0.25) is 19.3 Å². The van der Waals surface area contributed by atoms with Crippen molar-refractivity contribution in [1.82, 2.24) is 10.2 Å². The maximum Gasteiger partial charge on any atom is 0.234 e. The molecule has 0 saturated carbocycles. The predicted octanol–water partition coefficient (Wildman–Crippen LogP) is 0.381. The molecule has 0 radical (unpaired) electrons. The third-order valence-corrected chi connectivity index (χ3v) is 3.20. The zero-order chi connectivity index (χ0) is 13.7. The van der Waals surface area contributed by atoms with E-state index in [1.807, 2.05) is 18.7 Å². The van der Waals surface area contributed by atoms with Crippen molar-refractivity contribution in [3.63, 3.8) is 0 Å². The fourth-order valence-electron chi connectivity index (χ4n) is 2.12. The highest BCUT2D eigenvalue weighted by Crippen LogP contribution is 2.06. The quantitative estimate of drug-likeness (QED) is 0.770. The van der Waals surface area contributed by atoms with Gasteiger partial charge >= 0.3 is 0 Å². The first-order valence-electron chi connectivity index (χ1n) is 6.44. The van der Waals surface area contributed by atoms with Crippen LogP contribution in [0.5, 0.6) is 0 Å². The minimum Gasteiger partial charge on any atom is -0.345 e. The molecule has 18 heavy (non-hydrogen) atoms. The highest BCUT2D eigenvalue weighted by atomic mass is 16.2. The van der Waals surface area contributed by atoms with Crippen molar-refractivity contribution < 1.29 is 14.4 Å². The van der Waals surface area contributed by atoms with Gasteiger partial charge in [0.1, 0.15) is 5.78 Å². The lowest BCUT2D eigenvalue weighted by Gasteiger charge is -2.26. The highest BCUT2D eigenvalue weighted by Gasteiger charge is 2.23. The second-order valence-electron chi connectivity index (χ2n) is 5.21. The van der Waals surface area contributed by atoms with Gasteiger partial charge in [0.2, 0.25) is 5.91 Å². The topological polar surface area (TPSA) is 66.5 Å². The second kappa shape index (κ2) is 6.64. The van der Waals surface area contributed by atoms with Crippen molar-refractivity contribution in [2.45, 2.75) is 39.7 Å². The number of hydrogen-bond acceptors (Lipinski definition) is 4. The Morgan fingerprint density at radius 2 is 1.83 bits per heavy atom. The van der Waals surface area contributed by atoms with Gasteiger partial charge in [0.05, 0.1) is 12.6 Å². The van der Waals surface area contributed by atoms with Crippen LogP contribution in [0.4, 0.5) is 0 Å². The van der Waals surface area contributed by atoms with Crippen molar-refractivity contribution in [2.24, 2.45) is 5.92 Å². The monoisotopic (exact) mass is 254 g/mol. The Kier molecular flexibility index (Phi) is 5.47. The maximum absolute atomic E-state index is 11.8. The first kappa shape index (κ1) is 14.8. The number of rotatable bonds is 5. The molecule has 1 rings (SSSR count). The Labute approximate surface area is 108 Å². The van der Waals surface area contributed by atoms with E-state index in [0.29, 0.717) is 25.9 Å². The fraction of sp³-hybridized carbons (Fsp3) is 0.769. The molecule has 1 N–H and O–H groups in total. The Hall–Kier alpha value is -1.23. The molecule has 0 spiro atoms. The number of nitrogens with one attached hydrogen (secondary N) is 1. The van der Waals surface area contributed by atoms with E-state index in [1.165, 1.54) is 6.92 Å². The van der Waals surface area contributed by atoms with Crippen LogP contribution in [0, 0.1) is 5.92 Å². The van der Waals surface area contributed by atoms with Crippen LogP contribution < -0.4 is 5.32 Å². The SMILES string of the molecule is CC(=O)C(NC(=O)CN1CCC(=O)CC1)C(C)C. The molecule has 1 unspecified atom stereocenters. The number of carbonyl (C=O) groups excluding carboxylic acids is 3. The largest absolute Gasteiger partial charge is 0.345 e. The summed E-state index contributed by atoms with van der Waals surface area (Å²) in [4.78, 5) is 36.2. The molecule has 1 amide bonds. The first-order valence-corrected chi connectivity index (χ1v) is 6.44. The normalized spacial score (nSPS) is 18.8. The van der Waals surface area contributed by atoms with E-state index in [0.717, 1.165) is 0 Å². The Balaban J connectivity index is 2.41. The summed E-state index contributed by atoms with van der Waals surface area (Å²) in [7, 11) is 0. The van der Waals surface area contributed by atoms with Gasteiger partial charge in [-0.1, -0.05) is 13.8 Å². The van der Waals surface area contributed by atoms with Gasteiger partial charge < -0.3 is 5.32 Å². The Bertz CT molecular complexity index is 329. The summed E-state index contributed by atoms with van der Waals surface area (Å²) in [5.74, 6) is 0.190. The van der Waals surface area contributed by atoms with Gasteiger partial charge in [-0.2, -0.15) is 0 Å². The van der Waals surface area contributed by atoms with Crippen LogP contribution >= 0.6 is 0 Å². The number of Topliss-reactive ketones (excluding diaryl/α,β-unsaturated/α-hetero) is 2. The first-order chi connectivity index (χ1) is 8.40. The van der Waals surface area contributed by atoms with Crippen molar-refractivity contribution >= 4 is 17.5 Å². The van der Waals surface area contributed by atoms with Crippen LogP contribution in [-0.4, -0.2) is 48.0 Å². The summed E-state index contributed by atoms with van der Waals surface area (Å²) in [6.45, 7) is 6.85. The maximum atomic E-state index is 11.8. The molecule has 0 aliphatic carbocycles. The third-order valence-electron chi connectivity index (χ3n) is 3.20. The van der Waals surface area contributed by atoms with Crippen LogP contribution in [0.1, 0.15) is 33.6 Å². The summed E-state index contributed by atoms with van der Waals surface area (Å²) < 4.78 is 0. The molecular formula is C13H22N2O3. The van der Waals surface area contributed by atoms with Crippen LogP contribution in [0.2, 0.25) is 0 Å². The molecule has 1 saturated heterocycles. The minimum absolute atomic E-state index is 0.0211. The molecule has 1 heterocycles. The summed E-state index contributed by atoms with van der Waals surface area (Å²) in [5.41, 5.74) is 0. The van der Waals surface area contributed by atoms with Crippen LogP contribution in [0.3, 0.4) is 0 Å². The third kappa shape index (κ3) is 4.56. The summed E-state index contributed by atoms with van der Waals surface area (Å²) in [6, 6.07) is -0.413. The number of likely N-dealkylation sites (tertiary alicyclic amines) is 1. The molecular weight excluding hydrogens is 232 g/mol. The number of piperidine rings is 1. The van der Waals surface area contributed by atoms with Gasteiger partial charge in [-0.15, -0.1) is 0 Å².